The van der Waals surface area contributed by atoms with Gasteiger partial charge in [0.15, 0.2) is 0 Å². The number of nitriles is 1. The monoisotopic (exact) mass is 243 g/mol. The van der Waals surface area contributed by atoms with E-state index >= 15 is 0 Å². The van der Waals surface area contributed by atoms with E-state index in [1.165, 1.54) is 12.1 Å². The van der Waals surface area contributed by atoms with Crippen LogP contribution in [0.5, 0.6) is 0 Å². The number of hydrogen-bond acceptors (Lipinski definition) is 2. The van der Waals surface area contributed by atoms with E-state index in [4.69, 9.17) is 11.0 Å². The number of halogens is 1. The van der Waals surface area contributed by atoms with Crippen molar-refractivity contribution in [3.05, 3.63) is 59.2 Å². The maximum Gasteiger partial charge on any atom is 0.124 e. The van der Waals surface area contributed by atoms with Gasteiger partial charge in [0.2, 0.25) is 0 Å². The van der Waals surface area contributed by atoms with Gasteiger partial charge in [-0.15, -0.1) is 0 Å². The first-order valence-electron chi connectivity index (χ1n) is 5.76. The molecule has 0 bridgehead atoms. The van der Waals surface area contributed by atoms with E-state index in [-0.39, 0.29) is 5.82 Å². The quantitative estimate of drug-likeness (QED) is 0.893. The van der Waals surface area contributed by atoms with E-state index in [1.807, 2.05) is 29.0 Å². The van der Waals surface area contributed by atoms with E-state index in [0.29, 0.717) is 18.7 Å². The summed E-state index contributed by atoms with van der Waals surface area (Å²) < 4.78 is 15.3. The van der Waals surface area contributed by atoms with Crippen molar-refractivity contribution in [3.63, 3.8) is 0 Å². The third-order valence-electron chi connectivity index (χ3n) is 2.76. The largest absolute Gasteiger partial charge is 0.347 e. The van der Waals surface area contributed by atoms with Crippen LogP contribution in [0.25, 0.3) is 0 Å². The molecule has 0 spiro atoms. The number of aromatic nitrogens is 1. The van der Waals surface area contributed by atoms with E-state index in [0.717, 1.165) is 17.7 Å². The van der Waals surface area contributed by atoms with E-state index in [9.17, 15) is 4.39 Å². The lowest BCUT2D eigenvalue weighted by molar-refractivity contribution is 0.622. The molecule has 2 rings (SSSR count). The van der Waals surface area contributed by atoms with Crippen molar-refractivity contribution in [2.75, 3.05) is 6.54 Å². The van der Waals surface area contributed by atoms with Gasteiger partial charge in [0.25, 0.3) is 0 Å². The Morgan fingerprint density at radius 2 is 2.17 bits per heavy atom. The second-order valence-electron chi connectivity index (χ2n) is 4.13. The van der Waals surface area contributed by atoms with Gasteiger partial charge in [0.1, 0.15) is 5.82 Å². The Kier molecular flexibility index (Phi) is 3.75. The summed E-state index contributed by atoms with van der Waals surface area (Å²) in [5, 5.41) is 8.81. The van der Waals surface area contributed by atoms with Crippen molar-refractivity contribution < 1.29 is 4.39 Å². The van der Waals surface area contributed by atoms with E-state index in [2.05, 4.69) is 0 Å². The summed E-state index contributed by atoms with van der Waals surface area (Å²) in [6, 6.07) is 10.3. The average Bonchev–Trinajstić information content (AvgIpc) is 2.76. The highest BCUT2D eigenvalue weighted by atomic mass is 19.1. The molecule has 0 atom stereocenters. The molecule has 0 unspecified atom stereocenters. The molecule has 0 saturated carbocycles. The summed E-state index contributed by atoms with van der Waals surface area (Å²) in [5.74, 6) is -0.378. The molecule has 1 aromatic carbocycles. The molecule has 4 heteroatoms. The lowest BCUT2D eigenvalue weighted by atomic mass is 10.1. The summed E-state index contributed by atoms with van der Waals surface area (Å²) in [4.78, 5) is 0. The number of nitrogens with zero attached hydrogens (tertiary/aromatic N) is 2. The first-order valence-corrected chi connectivity index (χ1v) is 5.76. The standard InChI is InChI=1S/C14H14FN3/c15-13-7-11(9-17)6-12(8-13)10-18-5-1-2-14(18)3-4-16/h1-2,5-8H,3-4,10,16H2. The Bertz CT molecular complexity index is 581. The molecule has 0 aliphatic carbocycles. The topological polar surface area (TPSA) is 54.7 Å². The molecule has 18 heavy (non-hydrogen) atoms. The third kappa shape index (κ3) is 2.76. The Hall–Kier alpha value is -2.12. The number of nitrogens with two attached hydrogens (primary N) is 1. The molecule has 1 aromatic heterocycles. The molecule has 0 amide bonds. The first-order chi connectivity index (χ1) is 8.72. The van der Waals surface area contributed by atoms with Crippen LogP contribution >= 0.6 is 0 Å². The minimum atomic E-state index is -0.378. The zero-order chi connectivity index (χ0) is 13.0. The molecule has 1 heterocycles. The molecule has 2 aromatic rings. The minimum absolute atomic E-state index is 0.345. The fourth-order valence-corrected chi connectivity index (χ4v) is 1.98. The molecule has 0 radical (unpaired) electrons. The number of hydrogen-bond donors (Lipinski definition) is 1. The summed E-state index contributed by atoms with van der Waals surface area (Å²) in [5.41, 5.74) is 7.77. The molecule has 3 nitrogen and oxygen atoms in total. The van der Waals surface area contributed by atoms with Gasteiger partial charge in [0, 0.05) is 18.4 Å². The second-order valence-corrected chi connectivity index (χ2v) is 4.13. The van der Waals surface area contributed by atoms with Crippen LogP contribution in [0.2, 0.25) is 0 Å². The molecular weight excluding hydrogens is 229 g/mol. The predicted molar refractivity (Wildman–Crippen MR) is 67.4 cm³/mol. The van der Waals surface area contributed by atoms with Crippen LogP contribution in [0, 0.1) is 17.1 Å². The lowest BCUT2D eigenvalue weighted by Crippen LogP contribution is -2.09. The summed E-state index contributed by atoms with van der Waals surface area (Å²) >= 11 is 0. The highest BCUT2D eigenvalue weighted by molar-refractivity contribution is 5.34. The highest BCUT2D eigenvalue weighted by Crippen LogP contribution is 2.12. The fraction of sp³-hybridized carbons (Fsp3) is 0.214. The van der Waals surface area contributed by atoms with Crippen LogP contribution in [0.15, 0.2) is 36.5 Å². The molecule has 0 aliphatic rings. The Balaban J connectivity index is 2.26. The average molecular weight is 243 g/mol. The molecule has 0 saturated heterocycles. The fourth-order valence-electron chi connectivity index (χ4n) is 1.98. The van der Waals surface area contributed by atoms with Gasteiger partial charge >= 0.3 is 0 Å². The van der Waals surface area contributed by atoms with Crippen molar-refractivity contribution in [1.82, 2.24) is 4.57 Å². The van der Waals surface area contributed by atoms with Crippen LogP contribution in [-0.2, 0) is 13.0 Å². The van der Waals surface area contributed by atoms with E-state index in [1.54, 1.807) is 6.07 Å². The molecular formula is C14H14FN3. The SMILES string of the molecule is N#Cc1cc(F)cc(Cn2cccc2CCN)c1. The van der Waals surface area contributed by atoms with Crippen LogP contribution in [0.1, 0.15) is 16.8 Å². The highest BCUT2D eigenvalue weighted by Gasteiger charge is 2.04. The van der Waals surface area contributed by atoms with E-state index < -0.39 is 0 Å². The van der Waals surface area contributed by atoms with Gasteiger partial charge in [-0.25, -0.2) is 4.39 Å². The maximum absolute atomic E-state index is 13.3. The van der Waals surface area contributed by atoms with Gasteiger partial charge < -0.3 is 10.3 Å². The van der Waals surface area contributed by atoms with Crippen LogP contribution in [0.3, 0.4) is 0 Å². The predicted octanol–water partition coefficient (Wildman–Crippen LogP) is 2.05. The summed E-state index contributed by atoms with van der Waals surface area (Å²) in [6.45, 7) is 1.13. The van der Waals surface area contributed by atoms with Crippen molar-refractivity contribution in [3.8, 4) is 6.07 Å². The Morgan fingerprint density at radius 3 is 2.89 bits per heavy atom. The Morgan fingerprint density at radius 1 is 1.33 bits per heavy atom. The third-order valence-corrected chi connectivity index (χ3v) is 2.76. The Labute approximate surface area is 105 Å². The molecule has 0 fully saturated rings. The normalized spacial score (nSPS) is 10.3. The summed E-state index contributed by atoms with van der Waals surface area (Å²) in [7, 11) is 0. The van der Waals surface area contributed by atoms with Crippen LogP contribution < -0.4 is 5.73 Å². The maximum atomic E-state index is 13.3. The lowest BCUT2D eigenvalue weighted by Gasteiger charge is -2.09. The van der Waals surface area contributed by atoms with Crippen LogP contribution in [-0.4, -0.2) is 11.1 Å². The van der Waals surface area contributed by atoms with Gasteiger partial charge in [0.05, 0.1) is 11.6 Å². The second kappa shape index (κ2) is 5.48. The van der Waals surface area contributed by atoms with Gasteiger partial charge in [-0.1, -0.05) is 0 Å². The number of rotatable bonds is 4. The first kappa shape index (κ1) is 12.3. The number of benzene rings is 1. The van der Waals surface area contributed by atoms with Crippen molar-refractivity contribution >= 4 is 0 Å². The molecule has 92 valence electrons. The van der Waals surface area contributed by atoms with Crippen molar-refractivity contribution in [2.24, 2.45) is 5.73 Å². The zero-order valence-electron chi connectivity index (χ0n) is 9.94. The molecule has 2 N–H and O–H groups in total. The zero-order valence-corrected chi connectivity index (χ0v) is 9.94. The van der Waals surface area contributed by atoms with Gasteiger partial charge in [-0.05, 0) is 48.9 Å². The minimum Gasteiger partial charge on any atom is -0.347 e. The smallest absolute Gasteiger partial charge is 0.124 e. The van der Waals surface area contributed by atoms with Gasteiger partial charge in [-0.3, -0.25) is 0 Å². The van der Waals surface area contributed by atoms with Crippen LogP contribution in [0.4, 0.5) is 4.39 Å². The van der Waals surface area contributed by atoms with Crippen molar-refractivity contribution in [1.29, 1.82) is 5.26 Å². The molecule has 0 aliphatic heterocycles. The summed E-state index contributed by atoms with van der Waals surface area (Å²) in [6.07, 6.45) is 2.72. The van der Waals surface area contributed by atoms with Gasteiger partial charge in [-0.2, -0.15) is 5.26 Å². The van der Waals surface area contributed by atoms with Crippen molar-refractivity contribution in [2.45, 2.75) is 13.0 Å².